The normalized spacial score (nSPS) is 10.2. The Morgan fingerprint density at radius 1 is 1.00 bits per heavy atom. The predicted molar refractivity (Wildman–Crippen MR) is 71.3 cm³/mol. The van der Waals surface area contributed by atoms with Crippen molar-refractivity contribution in [2.75, 3.05) is 5.32 Å². The number of nitrogens with one attached hydrogen (secondary N) is 1. The third kappa shape index (κ3) is 2.78. The molecule has 2 aromatic carbocycles. The Bertz CT molecular complexity index is 503. The van der Waals surface area contributed by atoms with Crippen LogP contribution in [0.5, 0.6) is 5.75 Å². The minimum atomic E-state index is 0.382. The van der Waals surface area contributed by atoms with Gasteiger partial charge in [-0.3, -0.25) is 0 Å². The van der Waals surface area contributed by atoms with E-state index in [0.717, 1.165) is 16.8 Å². The summed E-state index contributed by atoms with van der Waals surface area (Å²) in [6, 6.07) is 14.0. The number of para-hydroxylation sites is 1. The van der Waals surface area contributed by atoms with Gasteiger partial charge in [-0.25, -0.2) is 0 Å². The van der Waals surface area contributed by atoms with Crippen LogP contribution in [0, 0.1) is 13.8 Å². The van der Waals surface area contributed by atoms with Gasteiger partial charge in [0.15, 0.2) is 0 Å². The van der Waals surface area contributed by atoms with Crippen molar-refractivity contribution in [3.63, 3.8) is 0 Å². The fourth-order valence-corrected chi connectivity index (χ4v) is 1.73. The van der Waals surface area contributed by atoms with Crippen LogP contribution < -0.4 is 5.32 Å². The van der Waals surface area contributed by atoms with Gasteiger partial charge in [0, 0.05) is 17.8 Å². The predicted octanol–water partition coefficient (Wildman–Crippen LogP) is 3.62. The first-order valence-electron chi connectivity index (χ1n) is 5.75. The van der Waals surface area contributed by atoms with E-state index in [4.69, 9.17) is 0 Å². The highest BCUT2D eigenvalue weighted by Gasteiger charge is 2.02. The van der Waals surface area contributed by atoms with Gasteiger partial charge >= 0.3 is 0 Å². The Labute approximate surface area is 102 Å². The molecular formula is C15H17NO. The number of phenols is 1. The summed E-state index contributed by atoms with van der Waals surface area (Å²) in [4.78, 5) is 0. The van der Waals surface area contributed by atoms with E-state index in [1.54, 1.807) is 0 Å². The third-order valence-electron chi connectivity index (χ3n) is 2.86. The second kappa shape index (κ2) is 4.91. The Balaban J connectivity index is 2.07. The van der Waals surface area contributed by atoms with Crippen molar-refractivity contribution in [2.24, 2.45) is 0 Å². The van der Waals surface area contributed by atoms with E-state index in [0.29, 0.717) is 12.3 Å². The molecule has 2 N–H and O–H groups in total. The molecule has 0 heterocycles. The number of phenolic OH excluding ortho intramolecular Hbond substituents is 1. The third-order valence-corrected chi connectivity index (χ3v) is 2.86. The zero-order valence-electron chi connectivity index (χ0n) is 10.2. The van der Waals surface area contributed by atoms with Crippen LogP contribution in [0.25, 0.3) is 0 Å². The number of aryl methyl sites for hydroxylation is 2. The average molecular weight is 227 g/mol. The average Bonchev–Trinajstić information content (AvgIpc) is 2.33. The summed E-state index contributed by atoms with van der Waals surface area (Å²) in [6.07, 6.45) is 0. The van der Waals surface area contributed by atoms with E-state index >= 15 is 0 Å². The van der Waals surface area contributed by atoms with Crippen LogP contribution in [-0.4, -0.2) is 5.11 Å². The molecule has 17 heavy (non-hydrogen) atoms. The zero-order valence-corrected chi connectivity index (χ0v) is 10.2. The van der Waals surface area contributed by atoms with E-state index in [2.05, 4.69) is 24.4 Å². The quantitative estimate of drug-likeness (QED) is 0.839. The maximum atomic E-state index is 9.88. The molecule has 0 aromatic heterocycles. The first-order valence-corrected chi connectivity index (χ1v) is 5.75. The van der Waals surface area contributed by atoms with Crippen molar-refractivity contribution >= 4 is 5.69 Å². The highest BCUT2D eigenvalue weighted by atomic mass is 16.3. The van der Waals surface area contributed by atoms with Crippen LogP contribution in [-0.2, 0) is 6.54 Å². The van der Waals surface area contributed by atoms with Gasteiger partial charge in [0.1, 0.15) is 5.75 Å². The minimum absolute atomic E-state index is 0.382. The van der Waals surface area contributed by atoms with E-state index in [1.807, 2.05) is 37.3 Å². The summed E-state index contributed by atoms with van der Waals surface area (Å²) in [5.41, 5.74) is 4.14. The van der Waals surface area contributed by atoms with E-state index in [-0.39, 0.29) is 0 Å². The van der Waals surface area contributed by atoms with Crippen LogP contribution in [0.1, 0.15) is 16.7 Å². The summed E-state index contributed by atoms with van der Waals surface area (Å²) in [5, 5.41) is 13.2. The maximum absolute atomic E-state index is 9.88. The van der Waals surface area contributed by atoms with Crippen LogP contribution in [0.2, 0.25) is 0 Å². The summed E-state index contributed by atoms with van der Waals surface area (Å²) in [5.74, 6) is 0.382. The van der Waals surface area contributed by atoms with Crippen LogP contribution in [0.15, 0.2) is 42.5 Å². The van der Waals surface area contributed by atoms with Gasteiger partial charge in [0.2, 0.25) is 0 Å². The van der Waals surface area contributed by atoms with E-state index in [9.17, 15) is 5.11 Å². The number of aromatic hydroxyl groups is 1. The van der Waals surface area contributed by atoms with Gasteiger partial charge in [-0.15, -0.1) is 0 Å². The van der Waals surface area contributed by atoms with Crippen LogP contribution >= 0.6 is 0 Å². The molecule has 2 aromatic rings. The molecule has 0 saturated carbocycles. The lowest BCUT2D eigenvalue weighted by Crippen LogP contribution is -2.00. The largest absolute Gasteiger partial charge is 0.507 e. The maximum Gasteiger partial charge on any atom is 0.123 e. The van der Waals surface area contributed by atoms with Crippen molar-refractivity contribution < 1.29 is 5.11 Å². The topological polar surface area (TPSA) is 32.3 Å². The molecule has 0 unspecified atom stereocenters. The Morgan fingerprint density at radius 3 is 2.41 bits per heavy atom. The first-order chi connectivity index (χ1) is 8.16. The summed E-state index contributed by atoms with van der Waals surface area (Å²) < 4.78 is 0. The number of benzene rings is 2. The summed E-state index contributed by atoms with van der Waals surface area (Å²) in [6.45, 7) is 4.61. The SMILES string of the molecule is Cc1ccc(NCc2cccc(C)c2O)cc1. The molecular weight excluding hydrogens is 210 g/mol. The lowest BCUT2D eigenvalue weighted by atomic mass is 10.1. The molecule has 0 fully saturated rings. The number of rotatable bonds is 3. The van der Waals surface area contributed by atoms with E-state index < -0.39 is 0 Å². The molecule has 2 heteroatoms. The van der Waals surface area contributed by atoms with Gasteiger partial charge in [-0.05, 0) is 31.5 Å². The Hall–Kier alpha value is -1.96. The molecule has 0 atom stereocenters. The van der Waals surface area contributed by atoms with Crippen molar-refractivity contribution in [3.8, 4) is 5.75 Å². The lowest BCUT2D eigenvalue weighted by Gasteiger charge is -2.09. The fourth-order valence-electron chi connectivity index (χ4n) is 1.73. The standard InChI is InChI=1S/C15H17NO/c1-11-6-8-14(9-7-11)16-10-13-5-3-4-12(2)15(13)17/h3-9,16-17H,10H2,1-2H3. The van der Waals surface area contributed by atoms with Crippen molar-refractivity contribution in [1.82, 2.24) is 0 Å². The molecule has 0 spiro atoms. The molecule has 0 amide bonds. The van der Waals surface area contributed by atoms with Crippen LogP contribution in [0.3, 0.4) is 0 Å². The molecule has 0 radical (unpaired) electrons. The van der Waals surface area contributed by atoms with Crippen molar-refractivity contribution in [1.29, 1.82) is 0 Å². The monoisotopic (exact) mass is 227 g/mol. The van der Waals surface area contributed by atoms with Gasteiger partial charge in [0.25, 0.3) is 0 Å². The highest BCUT2D eigenvalue weighted by molar-refractivity contribution is 5.47. The van der Waals surface area contributed by atoms with Gasteiger partial charge in [-0.1, -0.05) is 35.9 Å². The molecule has 0 saturated heterocycles. The number of hydrogen-bond donors (Lipinski definition) is 2. The van der Waals surface area contributed by atoms with E-state index in [1.165, 1.54) is 5.56 Å². The molecule has 2 nitrogen and oxygen atoms in total. The molecule has 0 bridgehead atoms. The van der Waals surface area contributed by atoms with Gasteiger partial charge in [-0.2, -0.15) is 0 Å². The molecule has 0 aliphatic rings. The second-order valence-corrected chi connectivity index (χ2v) is 4.30. The molecule has 0 aliphatic carbocycles. The van der Waals surface area contributed by atoms with Gasteiger partial charge < -0.3 is 10.4 Å². The highest BCUT2D eigenvalue weighted by Crippen LogP contribution is 2.22. The molecule has 2 rings (SSSR count). The summed E-state index contributed by atoms with van der Waals surface area (Å²) >= 11 is 0. The molecule has 88 valence electrons. The number of anilines is 1. The van der Waals surface area contributed by atoms with Gasteiger partial charge in [0.05, 0.1) is 0 Å². The minimum Gasteiger partial charge on any atom is -0.507 e. The van der Waals surface area contributed by atoms with Crippen LogP contribution in [0.4, 0.5) is 5.69 Å². The van der Waals surface area contributed by atoms with Crippen molar-refractivity contribution in [2.45, 2.75) is 20.4 Å². The Kier molecular flexibility index (Phi) is 3.33. The fraction of sp³-hybridized carbons (Fsp3) is 0.200. The summed E-state index contributed by atoms with van der Waals surface area (Å²) in [7, 11) is 0. The second-order valence-electron chi connectivity index (χ2n) is 4.30. The Morgan fingerprint density at radius 2 is 1.71 bits per heavy atom. The lowest BCUT2D eigenvalue weighted by molar-refractivity contribution is 0.465. The molecule has 0 aliphatic heterocycles. The van der Waals surface area contributed by atoms with Crippen molar-refractivity contribution in [3.05, 3.63) is 59.2 Å². The zero-order chi connectivity index (χ0) is 12.3. The smallest absolute Gasteiger partial charge is 0.123 e. The number of hydrogen-bond acceptors (Lipinski definition) is 2. The first kappa shape index (κ1) is 11.5.